The van der Waals surface area contributed by atoms with Crippen LogP contribution in [0.5, 0.6) is 5.75 Å². The molecule has 1 fully saturated rings. The smallest absolute Gasteiger partial charge is 0.310 e. The van der Waals surface area contributed by atoms with Gasteiger partial charge >= 0.3 is 5.69 Å². The first-order valence-corrected chi connectivity index (χ1v) is 7.23. The number of benzene rings is 1. The topological polar surface area (TPSA) is 81.5 Å². The fourth-order valence-electron chi connectivity index (χ4n) is 2.65. The van der Waals surface area contributed by atoms with Gasteiger partial charge in [0.25, 0.3) is 5.91 Å². The van der Waals surface area contributed by atoms with E-state index in [1.807, 2.05) is 0 Å². The first-order valence-electron chi connectivity index (χ1n) is 7.23. The van der Waals surface area contributed by atoms with E-state index in [1.54, 1.807) is 12.1 Å². The third-order valence-corrected chi connectivity index (χ3v) is 3.88. The van der Waals surface area contributed by atoms with Crippen molar-refractivity contribution in [2.75, 3.05) is 6.61 Å². The van der Waals surface area contributed by atoms with Crippen molar-refractivity contribution in [3.63, 3.8) is 0 Å². The van der Waals surface area contributed by atoms with Crippen LogP contribution in [0.4, 0.5) is 5.69 Å². The van der Waals surface area contributed by atoms with Crippen LogP contribution in [0.25, 0.3) is 0 Å². The largest absolute Gasteiger partial charge is 0.477 e. The maximum absolute atomic E-state index is 11.9. The molecule has 2 rings (SSSR count). The summed E-state index contributed by atoms with van der Waals surface area (Å²) in [7, 11) is 0. The van der Waals surface area contributed by atoms with E-state index in [0.717, 1.165) is 19.3 Å². The Labute approximate surface area is 123 Å². The average molecular weight is 292 g/mol. The number of hydrogen-bond acceptors (Lipinski definition) is 4. The molecule has 0 bridgehead atoms. The Hall–Kier alpha value is -2.11. The van der Waals surface area contributed by atoms with Gasteiger partial charge in [0.1, 0.15) is 0 Å². The van der Waals surface area contributed by atoms with Crippen molar-refractivity contribution in [1.29, 1.82) is 0 Å². The zero-order valence-electron chi connectivity index (χ0n) is 12.1. The maximum atomic E-state index is 11.9. The Kier molecular flexibility index (Phi) is 5.14. The highest BCUT2D eigenvalue weighted by atomic mass is 16.6. The lowest BCUT2D eigenvalue weighted by Crippen LogP contribution is -2.43. The normalized spacial score (nSPS) is 21.6. The molecule has 0 radical (unpaired) electrons. The Morgan fingerprint density at radius 1 is 1.38 bits per heavy atom. The molecule has 0 heterocycles. The standard InChI is InChI=1S/C15H20N2O4/c1-11-6-2-3-7-12(11)16-15(18)10-21-14-9-5-4-8-13(14)17(19)20/h4-5,8-9,11-12H,2-3,6-7,10H2,1H3,(H,16,18). The number of nitro groups is 1. The van der Waals surface area contributed by atoms with Crippen LogP contribution in [-0.2, 0) is 4.79 Å². The summed E-state index contributed by atoms with van der Waals surface area (Å²) < 4.78 is 5.28. The van der Waals surface area contributed by atoms with Crippen molar-refractivity contribution in [1.82, 2.24) is 5.32 Å². The number of carbonyl (C=O) groups is 1. The van der Waals surface area contributed by atoms with Crippen molar-refractivity contribution >= 4 is 11.6 Å². The molecule has 1 N–H and O–H groups in total. The monoisotopic (exact) mass is 292 g/mol. The van der Waals surface area contributed by atoms with E-state index >= 15 is 0 Å². The number of ether oxygens (including phenoxy) is 1. The van der Waals surface area contributed by atoms with Crippen molar-refractivity contribution in [3.8, 4) is 5.75 Å². The van der Waals surface area contributed by atoms with Gasteiger partial charge in [-0.3, -0.25) is 14.9 Å². The SMILES string of the molecule is CC1CCCCC1NC(=O)COc1ccccc1[N+](=O)[O-]. The molecule has 1 amide bonds. The lowest BCUT2D eigenvalue weighted by Gasteiger charge is -2.29. The first kappa shape index (κ1) is 15.3. The first-order chi connectivity index (χ1) is 10.1. The summed E-state index contributed by atoms with van der Waals surface area (Å²) in [6, 6.07) is 6.24. The summed E-state index contributed by atoms with van der Waals surface area (Å²) in [5.74, 6) is 0.356. The van der Waals surface area contributed by atoms with E-state index in [4.69, 9.17) is 4.74 Å². The molecule has 0 aliphatic heterocycles. The number of rotatable bonds is 5. The zero-order chi connectivity index (χ0) is 15.2. The molecular weight excluding hydrogens is 272 g/mol. The van der Waals surface area contributed by atoms with Crippen molar-refractivity contribution in [2.45, 2.75) is 38.6 Å². The second-order valence-corrected chi connectivity index (χ2v) is 5.45. The van der Waals surface area contributed by atoms with Crippen molar-refractivity contribution in [3.05, 3.63) is 34.4 Å². The van der Waals surface area contributed by atoms with Gasteiger partial charge in [0.05, 0.1) is 4.92 Å². The van der Waals surface area contributed by atoms with Gasteiger partial charge in [-0.2, -0.15) is 0 Å². The van der Waals surface area contributed by atoms with Crippen LogP contribution in [0.3, 0.4) is 0 Å². The molecule has 1 aliphatic rings. The zero-order valence-corrected chi connectivity index (χ0v) is 12.1. The lowest BCUT2D eigenvalue weighted by molar-refractivity contribution is -0.385. The van der Waals surface area contributed by atoms with Crippen molar-refractivity contribution in [2.24, 2.45) is 5.92 Å². The van der Waals surface area contributed by atoms with E-state index in [0.29, 0.717) is 5.92 Å². The van der Waals surface area contributed by atoms with Crippen LogP contribution in [0, 0.1) is 16.0 Å². The summed E-state index contributed by atoms with van der Waals surface area (Å²) in [4.78, 5) is 22.2. The third kappa shape index (κ3) is 4.18. The molecule has 0 aromatic heterocycles. The molecule has 1 aromatic rings. The summed E-state index contributed by atoms with van der Waals surface area (Å²) >= 11 is 0. The van der Waals surface area contributed by atoms with Gasteiger partial charge in [0.2, 0.25) is 0 Å². The van der Waals surface area contributed by atoms with Crippen LogP contribution >= 0.6 is 0 Å². The molecule has 0 spiro atoms. The van der Waals surface area contributed by atoms with Gasteiger partial charge in [-0.1, -0.05) is 31.9 Å². The molecular formula is C15H20N2O4. The Balaban J connectivity index is 1.88. The maximum Gasteiger partial charge on any atom is 0.310 e. The Morgan fingerprint density at radius 2 is 2.10 bits per heavy atom. The quantitative estimate of drug-likeness (QED) is 0.668. The van der Waals surface area contributed by atoms with E-state index in [1.165, 1.54) is 18.6 Å². The molecule has 114 valence electrons. The molecule has 2 unspecified atom stereocenters. The minimum atomic E-state index is -0.517. The molecule has 1 aromatic carbocycles. The summed E-state index contributed by atoms with van der Waals surface area (Å²) in [6.45, 7) is 1.93. The van der Waals surface area contributed by atoms with Gasteiger partial charge in [-0.15, -0.1) is 0 Å². The highest BCUT2D eigenvalue weighted by molar-refractivity contribution is 5.78. The van der Waals surface area contributed by atoms with E-state index in [9.17, 15) is 14.9 Å². The van der Waals surface area contributed by atoms with Gasteiger partial charge < -0.3 is 10.1 Å². The van der Waals surface area contributed by atoms with E-state index in [2.05, 4.69) is 12.2 Å². The van der Waals surface area contributed by atoms with Crippen LogP contribution in [-0.4, -0.2) is 23.5 Å². The number of para-hydroxylation sites is 2. The summed E-state index contributed by atoms with van der Waals surface area (Å²) in [5.41, 5.74) is -0.128. The van der Waals surface area contributed by atoms with Crippen molar-refractivity contribution < 1.29 is 14.5 Å². The number of hydrogen-bond donors (Lipinski definition) is 1. The average Bonchev–Trinajstić information content (AvgIpc) is 2.48. The lowest BCUT2D eigenvalue weighted by atomic mass is 9.86. The summed E-state index contributed by atoms with van der Waals surface area (Å²) in [5, 5.41) is 13.8. The van der Waals surface area contributed by atoms with E-state index < -0.39 is 4.92 Å². The van der Waals surface area contributed by atoms with E-state index in [-0.39, 0.29) is 30.0 Å². The number of carbonyl (C=O) groups excluding carboxylic acids is 1. The molecule has 2 atom stereocenters. The Bertz CT molecular complexity index is 518. The minimum absolute atomic E-state index is 0.120. The van der Waals surface area contributed by atoms with Crippen LogP contribution < -0.4 is 10.1 Å². The number of nitrogens with zero attached hydrogens (tertiary/aromatic N) is 1. The van der Waals surface area contributed by atoms with Gasteiger partial charge in [-0.05, 0) is 24.8 Å². The predicted octanol–water partition coefficient (Wildman–Crippen LogP) is 2.67. The molecule has 6 heteroatoms. The second kappa shape index (κ2) is 7.06. The Morgan fingerprint density at radius 3 is 2.81 bits per heavy atom. The third-order valence-electron chi connectivity index (χ3n) is 3.88. The number of nitrogens with one attached hydrogen (secondary N) is 1. The molecule has 1 saturated carbocycles. The van der Waals surface area contributed by atoms with Gasteiger partial charge in [0, 0.05) is 12.1 Å². The highest BCUT2D eigenvalue weighted by Crippen LogP contribution is 2.26. The van der Waals surface area contributed by atoms with Gasteiger partial charge in [-0.25, -0.2) is 0 Å². The highest BCUT2D eigenvalue weighted by Gasteiger charge is 2.23. The second-order valence-electron chi connectivity index (χ2n) is 5.45. The fourth-order valence-corrected chi connectivity index (χ4v) is 2.65. The van der Waals surface area contributed by atoms with Crippen LogP contribution in [0.2, 0.25) is 0 Å². The fraction of sp³-hybridized carbons (Fsp3) is 0.533. The minimum Gasteiger partial charge on any atom is -0.477 e. The molecule has 1 aliphatic carbocycles. The molecule has 21 heavy (non-hydrogen) atoms. The molecule has 0 saturated heterocycles. The molecule has 6 nitrogen and oxygen atoms in total. The number of nitro benzene ring substituents is 1. The van der Waals surface area contributed by atoms with Crippen LogP contribution in [0.15, 0.2) is 24.3 Å². The van der Waals surface area contributed by atoms with Crippen LogP contribution in [0.1, 0.15) is 32.6 Å². The predicted molar refractivity (Wildman–Crippen MR) is 78.2 cm³/mol. The van der Waals surface area contributed by atoms with Gasteiger partial charge in [0.15, 0.2) is 12.4 Å². The summed E-state index contributed by atoms with van der Waals surface area (Å²) in [6.07, 6.45) is 4.44. The number of amides is 1.